The maximum atomic E-state index is 12.4. The van der Waals surface area contributed by atoms with Gasteiger partial charge >= 0.3 is 0 Å². The van der Waals surface area contributed by atoms with Crippen LogP contribution in [0.1, 0.15) is 53.4 Å². The molecule has 0 aromatic rings. The molecule has 0 aliphatic carbocycles. The van der Waals surface area contributed by atoms with Gasteiger partial charge in [0.05, 0.1) is 0 Å². The summed E-state index contributed by atoms with van der Waals surface area (Å²) < 4.78 is 0. The van der Waals surface area contributed by atoms with Crippen LogP contribution in [0.5, 0.6) is 0 Å². The van der Waals surface area contributed by atoms with Gasteiger partial charge < -0.3 is 16.0 Å². The van der Waals surface area contributed by atoms with Crippen LogP contribution in [0.2, 0.25) is 0 Å². The number of nitrogens with zero attached hydrogens (tertiary/aromatic N) is 1. The first-order valence-electron chi connectivity index (χ1n) is 7.57. The van der Waals surface area contributed by atoms with Gasteiger partial charge in [0.1, 0.15) is 6.04 Å². The van der Waals surface area contributed by atoms with Crippen LogP contribution in [0.15, 0.2) is 0 Å². The second-order valence-electron chi connectivity index (χ2n) is 6.90. The Kier molecular flexibility index (Phi) is 5.99. The minimum absolute atomic E-state index is 0.0764. The summed E-state index contributed by atoms with van der Waals surface area (Å²) >= 11 is 0. The molecule has 0 aromatic heterocycles. The number of hydrogen-bond donors (Lipinski definition) is 2. The topological polar surface area (TPSA) is 75.4 Å². The molecule has 1 unspecified atom stereocenters. The van der Waals surface area contributed by atoms with Crippen LogP contribution >= 0.6 is 0 Å². The summed E-state index contributed by atoms with van der Waals surface area (Å²) in [4.78, 5) is 26.2. The fraction of sp³-hybridized carbons (Fsp3) is 0.867. The van der Waals surface area contributed by atoms with Crippen molar-refractivity contribution in [2.24, 2.45) is 11.7 Å². The van der Waals surface area contributed by atoms with Crippen molar-refractivity contribution in [2.75, 3.05) is 13.1 Å². The van der Waals surface area contributed by atoms with Gasteiger partial charge in [-0.15, -0.1) is 0 Å². The van der Waals surface area contributed by atoms with E-state index in [0.29, 0.717) is 31.8 Å². The van der Waals surface area contributed by atoms with Gasteiger partial charge in [0.25, 0.3) is 0 Å². The minimum atomic E-state index is -0.441. The molecule has 5 nitrogen and oxygen atoms in total. The molecule has 1 rings (SSSR count). The molecule has 0 radical (unpaired) electrons. The number of nitrogens with two attached hydrogens (primary N) is 1. The molecule has 116 valence electrons. The van der Waals surface area contributed by atoms with Crippen molar-refractivity contribution in [3.05, 3.63) is 0 Å². The van der Waals surface area contributed by atoms with E-state index in [4.69, 9.17) is 5.73 Å². The highest BCUT2D eigenvalue weighted by molar-refractivity contribution is 5.88. The molecule has 0 bridgehead atoms. The van der Waals surface area contributed by atoms with Gasteiger partial charge in [-0.2, -0.15) is 0 Å². The summed E-state index contributed by atoms with van der Waals surface area (Å²) in [6.07, 6.45) is 3.17. The van der Waals surface area contributed by atoms with Gasteiger partial charge in [0.15, 0.2) is 0 Å². The lowest BCUT2D eigenvalue weighted by Gasteiger charge is -2.35. The zero-order valence-electron chi connectivity index (χ0n) is 13.2. The van der Waals surface area contributed by atoms with Crippen LogP contribution in [-0.2, 0) is 9.59 Å². The Hall–Kier alpha value is -1.10. The molecule has 2 amide bonds. The summed E-state index contributed by atoms with van der Waals surface area (Å²) in [7, 11) is 0. The largest absolute Gasteiger partial charge is 0.352 e. The third-order valence-electron chi connectivity index (χ3n) is 3.45. The molecule has 0 aromatic carbocycles. The van der Waals surface area contributed by atoms with Gasteiger partial charge in [-0.1, -0.05) is 13.8 Å². The summed E-state index contributed by atoms with van der Waals surface area (Å²) in [6, 6.07) is -0.356. The summed E-state index contributed by atoms with van der Waals surface area (Å²) in [5.41, 5.74) is 5.46. The summed E-state index contributed by atoms with van der Waals surface area (Å²) in [5, 5.41) is 2.89. The predicted molar refractivity (Wildman–Crippen MR) is 80.1 cm³/mol. The quantitative estimate of drug-likeness (QED) is 0.770. The van der Waals surface area contributed by atoms with Crippen molar-refractivity contribution in [3.63, 3.8) is 0 Å². The number of nitrogens with one attached hydrogen (secondary N) is 1. The molecular weight excluding hydrogens is 254 g/mol. The lowest BCUT2D eigenvalue weighted by atomic mass is 9.98. The normalized spacial score (nSPS) is 18.3. The fourth-order valence-electron chi connectivity index (χ4n) is 2.41. The first-order chi connectivity index (χ1) is 9.20. The second-order valence-corrected chi connectivity index (χ2v) is 6.90. The molecule has 20 heavy (non-hydrogen) atoms. The zero-order valence-corrected chi connectivity index (χ0v) is 13.2. The number of carbonyl (C=O) groups is 2. The molecule has 1 aliphatic heterocycles. The minimum Gasteiger partial charge on any atom is -0.352 e. The van der Waals surface area contributed by atoms with Crippen molar-refractivity contribution in [3.8, 4) is 0 Å². The van der Waals surface area contributed by atoms with Crippen LogP contribution in [0.25, 0.3) is 0 Å². The zero-order chi connectivity index (χ0) is 15.3. The Balaban J connectivity index is 2.72. The van der Waals surface area contributed by atoms with E-state index in [-0.39, 0.29) is 17.9 Å². The average molecular weight is 283 g/mol. The van der Waals surface area contributed by atoms with E-state index >= 15 is 0 Å². The third kappa shape index (κ3) is 5.49. The highest BCUT2D eigenvalue weighted by Gasteiger charge is 2.32. The molecule has 1 fully saturated rings. The predicted octanol–water partition coefficient (Wildman–Crippen LogP) is 1.27. The second kappa shape index (κ2) is 7.07. The Morgan fingerprint density at radius 2 is 2.05 bits per heavy atom. The van der Waals surface area contributed by atoms with Crippen LogP contribution in [0.4, 0.5) is 0 Å². The highest BCUT2D eigenvalue weighted by atomic mass is 16.2. The highest BCUT2D eigenvalue weighted by Crippen LogP contribution is 2.19. The van der Waals surface area contributed by atoms with Crippen molar-refractivity contribution in [1.29, 1.82) is 0 Å². The van der Waals surface area contributed by atoms with Crippen LogP contribution in [0.3, 0.4) is 0 Å². The van der Waals surface area contributed by atoms with Crippen LogP contribution in [0, 0.1) is 5.92 Å². The number of hydrogen-bond acceptors (Lipinski definition) is 3. The molecule has 1 aliphatic rings. The first kappa shape index (κ1) is 17.0. The summed E-state index contributed by atoms with van der Waals surface area (Å²) in [6.45, 7) is 8.99. The van der Waals surface area contributed by atoms with Gasteiger partial charge in [0.2, 0.25) is 11.8 Å². The number of likely N-dealkylation sites (tertiary alicyclic amines) is 1. The van der Waals surface area contributed by atoms with Crippen molar-refractivity contribution < 1.29 is 9.59 Å². The average Bonchev–Trinajstić information content (AvgIpc) is 2.33. The number of piperidine rings is 1. The van der Waals surface area contributed by atoms with E-state index in [1.807, 2.05) is 13.8 Å². The van der Waals surface area contributed by atoms with E-state index in [1.165, 1.54) is 0 Å². The molecule has 1 heterocycles. The number of rotatable bonds is 6. The van der Waals surface area contributed by atoms with Crippen molar-refractivity contribution >= 4 is 11.8 Å². The summed E-state index contributed by atoms with van der Waals surface area (Å²) in [5.74, 6) is 0.392. The molecule has 0 spiro atoms. The molecular formula is C15H29N3O2. The molecule has 1 atom stereocenters. The third-order valence-corrected chi connectivity index (χ3v) is 3.45. The monoisotopic (exact) mass is 283 g/mol. The van der Waals surface area contributed by atoms with Gasteiger partial charge in [-0.05, 0) is 39.0 Å². The molecule has 1 saturated heterocycles. The van der Waals surface area contributed by atoms with Crippen molar-refractivity contribution in [2.45, 2.75) is 65.0 Å². The lowest BCUT2D eigenvalue weighted by molar-refractivity contribution is -0.143. The molecule has 0 saturated carbocycles. The molecule has 3 N–H and O–H groups in total. The Morgan fingerprint density at radius 3 is 2.55 bits per heavy atom. The van der Waals surface area contributed by atoms with Gasteiger partial charge in [-0.25, -0.2) is 0 Å². The van der Waals surface area contributed by atoms with Crippen molar-refractivity contribution in [1.82, 2.24) is 10.2 Å². The number of amides is 2. The molecule has 5 heteroatoms. The Labute approximate surface area is 122 Å². The van der Waals surface area contributed by atoms with Crippen LogP contribution in [-0.4, -0.2) is 41.4 Å². The lowest BCUT2D eigenvalue weighted by Crippen LogP contribution is -2.54. The maximum Gasteiger partial charge on any atom is 0.242 e. The SMILES string of the molecule is CC(C)CC(C(=O)NCC(C)(C)N)N1CCCCC1=O. The number of carbonyl (C=O) groups excluding carboxylic acids is 2. The standard InChI is InChI=1S/C15H29N3O2/c1-11(2)9-12(14(20)17-10-15(3,4)16)18-8-6-5-7-13(18)19/h11-12H,5-10,16H2,1-4H3,(H,17,20). The Morgan fingerprint density at radius 1 is 1.40 bits per heavy atom. The van der Waals surface area contributed by atoms with E-state index in [1.54, 1.807) is 4.90 Å². The Bertz CT molecular complexity index is 348. The van der Waals surface area contributed by atoms with Gasteiger partial charge in [0, 0.05) is 25.0 Å². The van der Waals surface area contributed by atoms with Gasteiger partial charge in [-0.3, -0.25) is 9.59 Å². The van der Waals surface area contributed by atoms with E-state index in [2.05, 4.69) is 19.2 Å². The van der Waals surface area contributed by atoms with Crippen LogP contribution < -0.4 is 11.1 Å². The fourth-order valence-corrected chi connectivity index (χ4v) is 2.41. The smallest absolute Gasteiger partial charge is 0.242 e. The van der Waals surface area contributed by atoms with E-state index < -0.39 is 5.54 Å². The van der Waals surface area contributed by atoms with E-state index in [9.17, 15) is 9.59 Å². The maximum absolute atomic E-state index is 12.4. The first-order valence-corrected chi connectivity index (χ1v) is 7.57. The van der Waals surface area contributed by atoms with E-state index in [0.717, 1.165) is 12.8 Å².